The Morgan fingerprint density at radius 2 is 1.85 bits per heavy atom. The van der Waals surface area contributed by atoms with E-state index in [2.05, 4.69) is 47.1 Å². The van der Waals surface area contributed by atoms with Crippen LogP contribution in [-0.4, -0.2) is 21.7 Å². The molecule has 1 aromatic heterocycles. The summed E-state index contributed by atoms with van der Waals surface area (Å²) >= 11 is 0. The fraction of sp³-hybridized carbons (Fsp3) is 0.371. The molecule has 1 fully saturated rings. The van der Waals surface area contributed by atoms with Gasteiger partial charge in [-0.15, -0.1) is 0 Å². The molecule has 1 saturated carbocycles. The van der Waals surface area contributed by atoms with Gasteiger partial charge in [-0.25, -0.2) is 4.98 Å². The number of anilines is 1. The molecule has 210 valence electrons. The van der Waals surface area contributed by atoms with Crippen LogP contribution in [0.1, 0.15) is 81.7 Å². The van der Waals surface area contributed by atoms with Crippen molar-refractivity contribution >= 4 is 28.9 Å². The van der Waals surface area contributed by atoms with Crippen LogP contribution in [0.15, 0.2) is 66.7 Å². The minimum absolute atomic E-state index is 0.0291. The Bertz CT molecular complexity index is 1560. The highest BCUT2D eigenvalue weighted by Gasteiger charge is 2.34. The molecule has 4 aromatic rings. The first-order valence-corrected chi connectivity index (χ1v) is 14.9. The van der Waals surface area contributed by atoms with Crippen LogP contribution in [0, 0.1) is 16.7 Å². The van der Waals surface area contributed by atoms with E-state index in [9.17, 15) is 14.9 Å². The molecule has 6 heteroatoms. The summed E-state index contributed by atoms with van der Waals surface area (Å²) in [5.74, 6) is 1.01. The number of unbranched alkanes of at least 4 members (excludes halogenated alkanes) is 1. The van der Waals surface area contributed by atoms with E-state index < -0.39 is 0 Å². The summed E-state index contributed by atoms with van der Waals surface area (Å²) in [4.78, 5) is 29.5. The fourth-order valence-corrected chi connectivity index (χ4v) is 6.23. The molecule has 0 saturated heterocycles. The van der Waals surface area contributed by atoms with Crippen molar-refractivity contribution in [2.45, 2.75) is 77.7 Å². The van der Waals surface area contributed by atoms with E-state index in [0.29, 0.717) is 24.9 Å². The molecule has 41 heavy (non-hydrogen) atoms. The van der Waals surface area contributed by atoms with Crippen LogP contribution in [0.3, 0.4) is 0 Å². The van der Waals surface area contributed by atoms with Gasteiger partial charge in [-0.05, 0) is 65.6 Å². The third-order valence-electron chi connectivity index (χ3n) is 8.48. The number of rotatable bonds is 11. The average molecular weight is 547 g/mol. The summed E-state index contributed by atoms with van der Waals surface area (Å²) in [5, 5.41) is 12.6. The molecule has 5 rings (SSSR count). The Hall–Kier alpha value is -4.24. The van der Waals surface area contributed by atoms with Gasteiger partial charge in [0, 0.05) is 31.5 Å². The Labute approximate surface area is 242 Å². The monoisotopic (exact) mass is 546 g/mol. The summed E-state index contributed by atoms with van der Waals surface area (Å²) in [7, 11) is 0. The Morgan fingerprint density at radius 3 is 2.59 bits per heavy atom. The Morgan fingerprint density at radius 1 is 1.07 bits per heavy atom. The van der Waals surface area contributed by atoms with Crippen molar-refractivity contribution in [3.63, 3.8) is 0 Å². The first-order valence-electron chi connectivity index (χ1n) is 14.9. The first-order chi connectivity index (χ1) is 20.0. The van der Waals surface area contributed by atoms with Crippen molar-refractivity contribution < 1.29 is 9.59 Å². The van der Waals surface area contributed by atoms with Gasteiger partial charge < -0.3 is 14.7 Å². The maximum Gasteiger partial charge on any atom is 0.224 e. The maximum absolute atomic E-state index is 13.1. The molecule has 0 bridgehead atoms. The molecule has 0 radical (unpaired) electrons. The lowest BCUT2D eigenvalue weighted by Crippen LogP contribution is -2.30. The molecule has 3 aromatic carbocycles. The molecule has 1 heterocycles. The van der Waals surface area contributed by atoms with Crippen LogP contribution in [0.4, 0.5) is 5.69 Å². The number of benzene rings is 3. The zero-order valence-corrected chi connectivity index (χ0v) is 23.9. The Kier molecular flexibility index (Phi) is 8.94. The molecule has 1 amide bonds. The molecule has 0 unspecified atom stereocenters. The number of carbonyl (C=O) groups excluding carboxylic acids is 2. The topological polar surface area (TPSA) is 87.8 Å². The standard InChI is InChI=1S/C35H38N4O2/c1-2-3-11-33-38-31-17-16-29(37-34(41)23-35(20-21-40)18-7-4-8-19-35)22-32(31)39(33)25-26-12-14-27(15-13-26)30-10-6-5-9-28(30)24-36/h5-6,9-10,12-17,21-22H,2-4,7-8,11,18-20,23,25H2,1H3,(H,37,41). The van der Waals surface area contributed by atoms with E-state index in [1.807, 2.05) is 42.5 Å². The smallest absolute Gasteiger partial charge is 0.224 e. The van der Waals surface area contributed by atoms with Crippen LogP contribution >= 0.6 is 0 Å². The maximum atomic E-state index is 13.1. The van der Waals surface area contributed by atoms with E-state index in [1.165, 1.54) is 6.42 Å². The molecular weight excluding hydrogens is 508 g/mol. The van der Waals surface area contributed by atoms with Crippen LogP contribution < -0.4 is 5.32 Å². The van der Waals surface area contributed by atoms with Gasteiger partial charge in [0.15, 0.2) is 0 Å². The van der Waals surface area contributed by atoms with Gasteiger partial charge >= 0.3 is 0 Å². The number of nitriles is 1. The minimum atomic E-state index is -0.205. The normalized spacial score (nSPS) is 14.4. The summed E-state index contributed by atoms with van der Waals surface area (Å²) in [6.45, 7) is 2.84. The Balaban J connectivity index is 1.39. The number of aryl methyl sites for hydroxylation is 1. The molecule has 0 spiro atoms. The number of fused-ring (bicyclic) bond motifs is 1. The third kappa shape index (κ3) is 6.57. The van der Waals surface area contributed by atoms with Crippen molar-refractivity contribution in [2.24, 2.45) is 5.41 Å². The second-order valence-corrected chi connectivity index (χ2v) is 11.4. The van der Waals surface area contributed by atoms with Crippen molar-refractivity contribution in [1.82, 2.24) is 9.55 Å². The van der Waals surface area contributed by atoms with E-state index in [4.69, 9.17) is 4.98 Å². The zero-order chi connectivity index (χ0) is 28.7. The molecule has 1 aliphatic carbocycles. The number of nitrogens with zero attached hydrogens (tertiary/aromatic N) is 3. The first kappa shape index (κ1) is 28.3. The molecule has 0 aliphatic heterocycles. The number of hydrogen-bond donors (Lipinski definition) is 1. The number of amides is 1. The summed E-state index contributed by atoms with van der Waals surface area (Å²) in [5.41, 5.74) is 6.21. The number of hydrogen-bond acceptors (Lipinski definition) is 4. The predicted molar refractivity (Wildman–Crippen MR) is 163 cm³/mol. The van der Waals surface area contributed by atoms with Crippen molar-refractivity contribution in [3.8, 4) is 17.2 Å². The summed E-state index contributed by atoms with van der Waals surface area (Å²) in [6.07, 6.45) is 10.1. The van der Waals surface area contributed by atoms with E-state index in [1.54, 1.807) is 0 Å². The number of nitrogens with one attached hydrogen (secondary N) is 1. The van der Waals surface area contributed by atoms with Crippen LogP contribution in [-0.2, 0) is 22.6 Å². The van der Waals surface area contributed by atoms with E-state index in [0.717, 1.165) is 90.5 Å². The number of aldehydes is 1. The van der Waals surface area contributed by atoms with Crippen LogP contribution in [0.2, 0.25) is 0 Å². The van der Waals surface area contributed by atoms with E-state index >= 15 is 0 Å². The minimum Gasteiger partial charge on any atom is -0.326 e. The number of carbonyl (C=O) groups is 2. The van der Waals surface area contributed by atoms with Gasteiger partial charge in [0.05, 0.1) is 22.7 Å². The summed E-state index contributed by atoms with van der Waals surface area (Å²) in [6, 6.07) is 24.2. The van der Waals surface area contributed by atoms with Gasteiger partial charge in [0.2, 0.25) is 5.91 Å². The largest absolute Gasteiger partial charge is 0.326 e. The lowest BCUT2D eigenvalue weighted by atomic mass is 9.70. The van der Waals surface area contributed by atoms with Crippen LogP contribution in [0.5, 0.6) is 0 Å². The van der Waals surface area contributed by atoms with Gasteiger partial charge in [-0.3, -0.25) is 4.79 Å². The molecule has 1 aliphatic rings. The van der Waals surface area contributed by atoms with Crippen molar-refractivity contribution in [2.75, 3.05) is 5.32 Å². The molecular formula is C35H38N4O2. The highest BCUT2D eigenvalue weighted by molar-refractivity contribution is 5.93. The van der Waals surface area contributed by atoms with Crippen molar-refractivity contribution in [1.29, 1.82) is 5.26 Å². The molecule has 0 atom stereocenters. The number of aromatic nitrogens is 2. The van der Waals surface area contributed by atoms with Gasteiger partial charge in [0.25, 0.3) is 0 Å². The SMILES string of the molecule is CCCCc1nc2ccc(NC(=O)CC3(CC=O)CCCCC3)cc2n1Cc1ccc(-c2ccccc2C#N)cc1. The quantitative estimate of drug-likeness (QED) is 0.194. The second-order valence-electron chi connectivity index (χ2n) is 11.4. The highest BCUT2D eigenvalue weighted by Crippen LogP contribution is 2.42. The van der Waals surface area contributed by atoms with E-state index in [-0.39, 0.29) is 11.3 Å². The van der Waals surface area contributed by atoms with Gasteiger partial charge in [-0.1, -0.05) is 75.1 Å². The highest BCUT2D eigenvalue weighted by atomic mass is 16.1. The van der Waals surface area contributed by atoms with Crippen LogP contribution in [0.25, 0.3) is 22.2 Å². The average Bonchev–Trinajstić information content (AvgIpc) is 3.33. The third-order valence-corrected chi connectivity index (χ3v) is 8.48. The second kappa shape index (κ2) is 13.0. The molecule has 1 N–H and O–H groups in total. The predicted octanol–water partition coefficient (Wildman–Crippen LogP) is 7.83. The van der Waals surface area contributed by atoms with Gasteiger partial charge in [-0.2, -0.15) is 5.26 Å². The summed E-state index contributed by atoms with van der Waals surface area (Å²) < 4.78 is 2.26. The number of imidazole rings is 1. The zero-order valence-electron chi connectivity index (χ0n) is 23.9. The lowest BCUT2D eigenvalue weighted by Gasteiger charge is -2.35. The lowest BCUT2D eigenvalue weighted by molar-refractivity contribution is -0.120. The fourth-order valence-electron chi connectivity index (χ4n) is 6.23. The van der Waals surface area contributed by atoms with Gasteiger partial charge in [0.1, 0.15) is 12.1 Å². The van der Waals surface area contributed by atoms with Crippen molar-refractivity contribution in [3.05, 3.63) is 83.7 Å². The molecule has 6 nitrogen and oxygen atoms in total.